The molecule has 176 valence electrons. The van der Waals surface area contributed by atoms with Gasteiger partial charge in [-0.05, 0) is 24.3 Å². The average Bonchev–Trinajstić information content (AvgIpc) is 2.79. The third-order valence-corrected chi connectivity index (χ3v) is 6.82. The van der Waals surface area contributed by atoms with Gasteiger partial charge >= 0.3 is 0 Å². The molecule has 1 aliphatic heterocycles. The highest BCUT2D eigenvalue weighted by Gasteiger charge is 2.20. The first-order valence-corrected chi connectivity index (χ1v) is 12.3. The maximum atomic E-state index is 12.9. The fourth-order valence-electron chi connectivity index (χ4n) is 3.40. The van der Waals surface area contributed by atoms with Gasteiger partial charge in [0.25, 0.3) is 10.0 Å². The number of fused-ring (bicyclic) bond motifs is 1. The molecule has 12 heteroatoms. The van der Waals surface area contributed by atoms with E-state index in [1.54, 1.807) is 12.1 Å². The molecule has 1 saturated heterocycles. The van der Waals surface area contributed by atoms with Crippen LogP contribution in [0.3, 0.4) is 0 Å². The van der Waals surface area contributed by atoms with Gasteiger partial charge in [0.05, 0.1) is 30.7 Å². The topological polar surface area (TPSA) is 103 Å². The number of ether oxygens (including phenoxy) is 3. The predicted molar refractivity (Wildman–Crippen MR) is 126 cm³/mol. The van der Waals surface area contributed by atoms with Gasteiger partial charge in [0, 0.05) is 41.1 Å². The Morgan fingerprint density at radius 3 is 2.48 bits per heavy atom. The molecule has 33 heavy (non-hydrogen) atoms. The van der Waals surface area contributed by atoms with E-state index in [1.165, 1.54) is 31.6 Å². The van der Waals surface area contributed by atoms with Crippen LogP contribution in [0.5, 0.6) is 11.5 Å². The van der Waals surface area contributed by atoms with Gasteiger partial charge in [-0.2, -0.15) is 0 Å². The molecule has 0 radical (unpaired) electrons. The van der Waals surface area contributed by atoms with Crippen molar-refractivity contribution in [2.24, 2.45) is 0 Å². The standard InChI is InChI=1S/C21H22Cl2N4O5S/c1-30-19-11-17-18(12-20(19)32-7-4-27-2-5-31-6-3-27)24-13-25-21(17)26-33(28,29)16-9-14(22)8-15(23)10-16/h8-13H,2-7H2,1H3,(H,24,25,26). The Kier molecular flexibility index (Phi) is 7.40. The van der Waals surface area contributed by atoms with Crippen molar-refractivity contribution in [1.82, 2.24) is 14.9 Å². The number of aromatic nitrogens is 2. The SMILES string of the molecule is COc1cc2c(NS(=O)(=O)c3cc(Cl)cc(Cl)c3)ncnc2cc1OCCN1CCOCC1. The van der Waals surface area contributed by atoms with Crippen molar-refractivity contribution in [3.05, 3.63) is 46.7 Å². The number of hydrogen-bond acceptors (Lipinski definition) is 8. The summed E-state index contributed by atoms with van der Waals surface area (Å²) in [6.45, 7) is 4.38. The fourth-order valence-corrected chi connectivity index (χ4v) is 5.15. The van der Waals surface area contributed by atoms with E-state index in [2.05, 4.69) is 19.6 Å². The smallest absolute Gasteiger partial charge is 0.263 e. The second-order valence-corrected chi connectivity index (χ2v) is 9.81. The number of hydrogen-bond donors (Lipinski definition) is 1. The lowest BCUT2D eigenvalue weighted by atomic mass is 10.2. The Bertz CT molecular complexity index is 1230. The number of rotatable bonds is 8. The monoisotopic (exact) mass is 512 g/mol. The molecular weight excluding hydrogens is 491 g/mol. The van der Waals surface area contributed by atoms with E-state index >= 15 is 0 Å². The zero-order valence-corrected chi connectivity index (χ0v) is 20.1. The first-order valence-electron chi connectivity index (χ1n) is 10.1. The van der Waals surface area contributed by atoms with E-state index in [9.17, 15) is 8.42 Å². The van der Waals surface area contributed by atoms with Gasteiger partial charge in [-0.1, -0.05) is 23.2 Å². The van der Waals surface area contributed by atoms with Crippen molar-refractivity contribution in [3.8, 4) is 11.5 Å². The number of nitrogens with zero attached hydrogens (tertiary/aromatic N) is 3. The molecule has 1 aromatic heterocycles. The number of benzene rings is 2. The molecule has 0 spiro atoms. The second-order valence-electron chi connectivity index (χ2n) is 7.26. The number of methoxy groups -OCH3 is 1. The molecule has 2 heterocycles. The van der Waals surface area contributed by atoms with Gasteiger partial charge in [-0.25, -0.2) is 18.4 Å². The van der Waals surface area contributed by atoms with Crippen LogP contribution in [0.2, 0.25) is 10.0 Å². The molecule has 1 aliphatic rings. The summed E-state index contributed by atoms with van der Waals surface area (Å²) >= 11 is 11.9. The fraction of sp³-hybridized carbons (Fsp3) is 0.333. The first kappa shape index (κ1) is 23.8. The molecule has 0 atom stereocenters. The van der Waals surface area contributed by atoms with E-state index in [1.807, 2.05) is 0 Å². The lowest BCUT2D eigenvalue weighted by Crippen LogP contribution is -2.38. The maximum absolute atomic E-state index is 12.9. The summed E-state index contributed by atoms with van der Waals surface area (Å²) in [5.41, 5.74) is 0.494. The summed E-state index contributed by atoms with van der Waals surface area (Å²) in [7, 11) is -2.49. The van der Waals surface area contributed by atoms with Crippen LogP contribution in [0, 0.1) is 0 Å². The molecule has 9 nitrogen and oxygen atoms in total. The molecule has 3 aromatic rings. The lowest BCUT2D eigenvalue weighted by molar-refractivity contribution is 0.0321. The van der Waals surface area contributed by atoms with Crippen LogP contribution in [-0.2, 0) is 14.8 Å². The molecule has 1 N–H and O–H groups in total. The Morgan fingerprint density at radius 1 is 1.06 bits per heavy atom. The Morgan fingerprint density at radius 2 is 1.79 bits per heavy atom. The Balaban J connectivity index is 1.58. The van der Waals surface area contributed by atoms with Crippen LogP contribution in [0.4, 0.5) is 5.82 Å². The third-order valence-electron chi connectivity index (χ3n) is 5.07. The summed E-state index contributed by atoms with van der Waals surface area (Å²) in [6, 6.07) is 7.40. The van der Waals surface area contributed by atoms with Crippen LogP contribution < -0.4 is 14.2 Å². The second kappa shape index (κ2) is 10.3. The lowest BCUT2D eigenvalue weighted by Gasteiger charge is -2.26. The van der Waals surface area contributed by atoms with Crippen LogP contribution >= 0.6 is 23.2 Å². The summed E-state index contributed by atoms with van der Waals surface area (Å²) in [5, 5.41) is 0.860. The molecule has 2 aromatic carbocycles. The van der Waals surface area contributed by atoms with Gasteiger partial charge in [0.15, 0.2) is 17.3 Å². The minimum atomic E-state index is -4.00. The highest BCUT2D eigenvalue weighted by molar-refractivity contribution is 7.92. The summed E-state index contributed by atoms with van der Waals surface area (Å²) < 4.78 is 45.1. The van der Waals surface area contributed by atoms with Gasteiger partial charge in [-0.3, -0.25) is 9.62 Å². The van der Waals surface area contributed by atoms with Gasteiger partial charge < -0.3 is 14.2 Å². The van der Waals surface area contributed by atoms with E-state index < -0.39 is 10.0 Å². The quantitative estimate of drug-likeness (QED) is 0.489. The zero-order chi connectivity index (χ0) is 23.4. The molecule has 4 rings (SSSR count). The molecule has 0 unspecified atom stereocenters. The summed E-state index contributed by atoms with van der Waals surface area (Å²) in [6.07, 6.45) is 1.27. The summed E-state index contributed by atoms with van der Waals surface area (Å²) in [4.78, 5) is 10.5. The van der Waals surface area contributed by atoms with Crippen LogP contribution in [0.15, 0.2) is 41.6 Å². The van der Waals surface area contributed by atoms with Crippen LogP contribution in [-0.4, -0.2) is 69.9 Å². The van der Waals surface area contributed by atoms with Crippen molar-refractivity contribution < 1.29 is 22.6 Å². The third kappa shape index (κ3) is 5.77. The van der Waals surface area contributed by atoms with Crippen molar-refractivity contribution in [2.75, 3.05) is 51.3 Å². The minimum Gasteiger partial charge on any atom is -0.493 e. The largest absolute Gasteiger partial charge is 0.493 e. The van der Waals surface area contributed by atoms with Gasteiger partial charge in [-0.15, -0.1) is 0 Å². The molecule has 0 saturated carbocycles. The molecule has 0 amide bonds. The van der Waals surface area contributed by atoms with Crippen LogP contribution in [0.1, 0.15) is 0 Å². The molecule has 0 aliphatic carbocycles. The Hall–Kier alpha value is -2.37. The first-order chi connectivity index (χ1) is 15.9. The van der Waals surface area contributed by atoms with Crippen molar-refractivity contribution in [2.45, 2.75) is 4.90 Å². The maximum Gasteiger partial charge on any atom is 0.263 e. The Labute approximate surface area is 201 Å². The number of halogens is 2. The van der Waals surface area contributed by atoms with Gasteiger partial charge in [0.1, 0.15) is 12.9 Å². The zero-order valence-electron chi connectivity index (χ0n) is 17.8. The number of morpholine rings is 1. The highest BCUT2D eigenvalue weighted by atomic mass is 35.5. The van der Waals surface area contributed by atoms with Crippen LogP contribution in [0.25, 0.3) is 10.9 Å². The highest BCUT2D eigenvalue weighted by Crippen LogP contribution is 2.34. The van der Waals surface area contributed by atoms with Gasteiger partial charge in [0.2, 0.25) is 0 Å². The average molecular weight is 513 g/mol. The van der Waals surface area contributed by atoms with Crippen molar-refractivity contribution >= 4 is 49.9 Å². The predicted octanol–water partition coefficient (Wildman–Crippen LogP) is 3.46. The molecular formula is C21H22Cl2N4O5S. The number of sulfonamides is 1. The summed E-state index contributed by atoms with van der Waals surface area (Å²) in [5.74, 6) is 1.03. The van der Waals surface area contributed by atoms with E-state index in [-0.39, 0.29) is 20.8 Å². The van der Waals surface area contributed by atoms with Crippen molar-refractivity contribution in [1.29, 1.82) is 0 Å². The van der Waals surface area contributed by atoms with E-state index in [4.69, 9.17) is 37.4 Å². The van der Waals surface area contributed by atoms with E-state index in [0.29, 0.717) is 29.0 Å². The molecule has 1 fully saturated rings. The van der Waals surface area contributed by atoms with Crippen molar-refractivity contribution in [3.63, 3.8) is 0 Å². The normalized spacial score (nSPS) is 14.9. The number of nitrogens with one attached hydrogen (secondary N) is 1. The van der Waals surface area contributed by atoms with E-state index in [0.717, 1.165) is 32.8 Å². The molecule has 0 bridgehead atoms. The number of anilines is 1. The minimum absolute atomic E-state index is 0.0817.